The van der Waals surface area contributed by atoms with Crippen molar-refractivity contribution < 1.29 is 4.79 Å². The van der Waals surface area contributed by atoms with Crippen LogP contribution in [-0.2, 0) is 4.79 Å². The second-order valence-corrected chi connectivity index (χ2v) is 2.79. The lowest BCUT2D eigenvalue weighted by Crippen LogP contribution is -2.31. The van der Waals surface area contributed by atoms with Crippen LogP contribution in [0.5, 0.6) is 0 Å². The highest BCUT2D eigenvalue weighted by molar-refractivity contribution is 6.67. The van der Waals surface area contributed by atoms with Gasteiger partial charge in [0.15, 0.2) is 0 Å². The molecule has 12 heavy (non-hydrogen) atoms. The lowest BCUT2D eigenvalue weighted by Gasteiger charge is -2.13. The molecule has 2 aliphatic heterocycles. The van der Waals surface area contributed by atoms with Gasteiger partial charge in [0.1, 0.15) is 11.8 Å². The van der Waals surface area contributed by atoms with Crippen LogP contribution in [0.2, 0.25) is 0 Å². The van der Waals surface area contributed by atoms with Crippen molar-refractivity contribution in [2.45, 2.75) is 0 Å². The Hall–Kier alpha value is -1.23. The molecule has 0 N–H and O–H groups in total. The van der Waals surface area contributed by atoms with Gasteiger partial charge < -0.3 is 0 Å². The van der Waals surface area contributed by atoms with Gasteiger partial charge in [-0.15, -0.1) is 0 Å². The van der Waals surface area contributed by atoms with Crippen molar-refractivity contribution in [1.29, 1.82) is 0 Å². The number of hydrogen-bond donors (Lipinski definition) is 0. The Balaban J connectivity index is 2.43. The maximum absolute atomic E-state index is 11.2. The lowest BCUT2D eigenvalue weighted by atomic mass is 10.1. The van der Waals surface area contributed by atoms with Crippen LogP contribution < -0.4 is 0 Å². The SMILES string of the molecule is CN1N=CC2C(=O)N=C(Cl)N=C21. The van der Waals surface area contributed by atoms with E-state index in [0.717, 1.165) is 0 Å². The molecule has 62 valence electrons. The predicted octanol–water partition coefficient (Wildman–Crippen LogP) is 0.0673. The van der Waals surface area contributed by atoms with Crippen molar-refractivity contribution in [3.63, 3.8) is 0 Å². The molecule has 2 rings (SSSR count). The maximum Gasteiger partial charge on any atom is 0.264 e. The van der Waals surface area contributed by atoms with Crippen molar-refractivity contribution in [2.24, 2.45) is 21.0 Å². The molecule has 0 aromatic carbocycles. The highest BCUT2D eigenvalue weighted by Crippen LogP contribution is 2.16. The molecular formula is C6H5ClN4O. The second kappa shape index (κ2) is 2.38. The topological polar surface area (TPSA) is 57.4 Å². The molecule has 0 bridgehead atoms. The molecule has 1 amide bonds. The molecule has 0 aromatic heterocycles. The first-order valence-electron chi connectivity index (χ1n) is 3.33. The molecule has 0 saturated heterocycles. The molecule has 0 fully saturated rings. The van der Waals surface area contributed by atoms with E-state index in [9.17, 15) is 4.79 Å². The van der Waals surface area contributed by atoms with E-state index in [1.807, 2.05) is 0 Å². The standard InChI is InChI=1S/C6H5ClN4O/c1-11-4-3(2-8-11)5(12)10-6(7)9-4/h2-3H,1H3. The summed E-state index contributed by atoms with van der Waals surface area (Å²) in [5.41, 5.74) is 0. The van der Waals surface area contributed by atoms with Crippen molar-refractivity contribution in [1.82, 2.24) is 5.01 Å². The molecule has 1 unspecified atom stereocenters. The van der Waals surface area contributed by atoms with Gasteiger partial charge in [0.2, 0.25) is 5.29 Å². The predicted molar refractivity (Wildman–Crippen MR) is 45.5 cm³/mol. The van der Waals surface area contributed by atoms with Crippen LogP contribution in [0.25, 0.3) is 0 Å². The minimum absolute atomic E-state index is 0.0244. The Kier molecular flexibility index (Phi) is 1.47. The highest BCUT2D eigenvalue weighted by Gasteiger charge is 2.33. The zero-order valence-corrected chi connectivity index (χ0v) is 6.99. The Labute approximate surface area is 73.4 Å². The summed E-state index contributed by atoms with van der Waals surface area (Å²) in [6.45, 7) is 0. The van der Waals surface area contributed by atoms with E-state index in [4.69, 9.17) is 11.6 Å². The summed E-state index contributed by atoms with van der Waals surface area (Å²) in [4.78, 5) is 18.5. The Morgan fingerprint density at radius 3 is 3.08 bits per heavy atom. The minimum atomic E-state index is -0.433. The second-order valence-electron chi connectivity index (χ2n) is 2.45. The van der Waals surface area contributed by atoms with E-state index in [1.54, 1.807) is 7.05 Å². The van der Waals surface area contributed by atoms with Gasteiger partial charge in [-0.25, -0.2) is 4.99 Å². The van der Waals surface area contributed by atoms with Gasteiger partial charge in [0, 0.05) is 13.3 Å². The molecule has 5 nitrogen and oxygen atoms in total. The number of halogens is 1. The minimum Gasteiger partial charge on any atom is -0.271 e. The van der Waals surface area contributed by atoms with Crippen LogP contribution in [0, 0.1) is 5.92 Å². The molecule has 6 heteroatoms. The summed E-state index contributed by atoms with van der Waals surface area (Å²) in [6.07, 6.45) is 1.51. The van der Waals surface area contributed by atoms with Crippen molar-refractivity contribution in [3.8, 4) is 0 Å². The first-order valence-corrected chi connectivity index (χ1v) is 3.71. The number of hydrogen-bond acceptors (Lipinski definition) is 4. The van der Waals surface area contributed by atoms with Crippen LogP contribution in [0.3, 0.4) is 0 Å². The normalized spacial score (nSPS) is 27.0. The van der Waals surface area contributed by atoms with Gasteiger partial charge in [0.05, 0.1) is 0 Å². The number of carbonyl (C=O) groups excluding carboxylic acids is 1. The number of rotatable bonds is 0. The van der Waals surface area contributed by atoms with E-state index in [0.29, 0.717) is 5.84 Å². The molecule has 0 radical (unpaired) electrons. The van der Waals surface area contributed by atoms with Crippen molar-refractivity contribution in [2.75, 3.05) is 7.05 Å². The zero-order valence-electron chi connectivity index (χ0n) is 6.23. The molecule has 2 heterocycles. The monoisotopic (exact) mass is 184 g/mol. The zero-order chi connectivity index (χ0) is 8.72. The fourth-order valence-electron chi connectivity index (χ4n) is 1.09. The third kappa shape index (κ3) is 0.937. The van der Waals surface area contributed by atoms with Crippen LogP contribution in [-0.4, -0.2) is 35.3 Å². The molecule has 2 aliphatic rings. The average molecular weight is 185 g/mol. The quantitative estimate of drug-likeness (QED) is 0.500. The van der Waals surface area contributed by atoms with Gasteiger partial charge >= 0.3 is 0 Å². The first-order chi connectivity index (χ1) is 5.68. The Morgan fingerprint density at radius 2 is 2.33 bits per heavy atom. The van der Waals surface area contributed by atoms with E-state index < -0.39 is 5.92 Å². The molecule has 0 aromatic rings. The number of fused-ring (bicyclic) bond motifs is 1. The number of amidine groups is 2. The number of amides is 1. The fraction of sp³-hybridized carbons (Fsp3) is 0.333. The fourth-order valence-corrected chi connectivity index (χ4v) is 1.26. The van der Waals surface area contributed by atoms with E-state index >= 15 is 0 Å². The number of carbonyl (C=O) groups is 1. The Bertz CT molecular complexity index is 332. The summed E-state index contributed by atoms with van der Waals surface area (Å²) in [6, 6.07) is 0. The molecule has 0 saturated carbocycles. The average Bonchev–Trinajstić information content (AvgIpc) is 2.33. The number of nitrogens with zero attached hydrogens (tertiary/aromatic N) is 4. The van der Waals surface area contributed by atoms with E-state index in [2.05, 4.69) is 15.1 Å². The Morgan fingerprint density at radius 1 is 1.58 bits per heavy atom. The van der Waals surface area contributed by atoms with Crippen LogP contribution in [0.1, 0.15) is 0 Å². The smallest absolute Gasteiger partial charge is 0.264 e. The maximum atomic E-state index is 11.2. The molecule has 0 spiro atoms. The summed E-state index contributed by atoms with van der Waals surface area (Å²) < 4.78 is 0. The van der Waals surface area contributed by atoms with Crippen LogP contribution >= 0.6 is 11.6 Å². The highest BCUT2D eigenvalue weighted by atomic mass is 35.5. The van der Waals surface area contributed by atoms with Gasteiger partial charge in [-0.05, 0) is 11.6 Å². The van der Waals surface area contributed by atoms with Gasteiger partial charge in [-0.2, -0.15) is 10.1 Å². The van der Waals surface area contributed by atoms with Crippen molar-refractivity contribution >= 4 is 34.9 Å². The first kappa shape index (κ1) is 7.42. The van der Waals surface area contributed by atoms with Crippen LogP contribution in [0.4, 0.5) is 0 Å². The lowest BCUT2D eigenvalue weighted by molar-refractivity contribution is -0.118. The summed E-state index contributed by atoms with van der Waals surface area (Å²) in [7, 11) is 1.71. The van der Waals surface area contributed by atoms with Gasteiger partial charge in [-0.1, -0.05) is 0 Å². The number of hydrazone groups is 1. The molecular weight excluding hydrogens is 180 g/mol. The summed E-state index contributed by atoms with van der Waals surface area (Å²) in [5.74, 6) is -0.199. The number of aliphatic imine (C=N–C) groups is 2. The van der Waals surface area contributed by atoms with E-state index in [-0.39, 0.29) is 11.2 Å². The van der Waals surface area contributed by atoms with Crippen molar-refractivity contribution in [3.05, 3.63) is 0 Å². The third-order valence-corrected chi connectivity index (χ3v) is 1.84. The summed E-state index contributed by atoms with van der Waals surface area (Å²) in [5, 5.41) is 5.38. The molecule has 0 aliphatic carbocycles. The van der Waals surface area contributed by atoms with Crippen LogP contribution in [0.15, 0.2) is 15.1 Å². The molecule has 1 atom stereocenters. The van der Waals surface area contributed by atoms with Gasteiger partial charge in [0.25, 0.3) is 5.91 Å². The summed E-state index contributed by atoms with van der Waals surface area (Å²) >= 11 is 5.50. The third-order valence-electron chi connectivity index (χ3n) is 1.67. The van der Waals surface area contributed by atoms with Gasteiger partial charge in [-0.3, -0.25) is 9.80 Å². The van der Waals surface area contributed by atoms with E-state index in [1.165, 1.54) is 11.2 Å². The largest absolute Gasteiger partial charge is 0.271 e.